The van der Waals surface area contributed by atoms with Gasteiger partial charge < -0.3 is 5.11 Å². The van der Waals surface area contributed by atoms with Gasteiger partial charge in [-0.05, 0) is 13.0 Å². The first-order chi connectivity index (χ1) is 5.57. The Morgan fingerprint density at radius 3 is 2.75 bits per heavy atom. The molecule has 0 aliphatic heterocycles. The molecule has 1 N–H and O–H groups in total. The lowest BCUT2D eigenvalue weighted by Crippen LogP contribution is -2.19. The molecule has 0 atom stereocenters. The summed E-state index contributed by atoms with van der Waals surface area (Å²) in [5.41, 5.74) is 0.0991. The summed E-state index contributed by atoms with van der Waals surface area (Å²) in [6, 6.07) is 3.13. The van der Waals surface area contributed by atoms with Crippen LogP contribution in [0.2, 0.25) is 0 Å². The van der Waals surface area contributed by atoms with Crippen molar-refractivity contribution in [3.8, 4) is 11.9 Å². The third kappa shape index (κ3) is 1.05. The molecular weight excluding hydrogens is 156 g/mol. The van der Waals surface area contributed by atoms with Gasteiger partial charge in [0.1, 0.15) is 11.6 Å². The van der Waals surface area contributed by atoms with Gasteiger partial charge in [0.2, 0.25) is 0 Å². The van der Waals surface area contributed by atoms with Gasteiger partial charge in [-0.15, -0.1) is 0 Å². The lowest BCUT2D eigenvalue weighted by molar-refractivity contribution is 0.418. The number of nitriles is 1. The van der Waals surface area contributed by atoms with Gasteiger partial charge in [-0.2, -0.15) is 5.26 Å². The fraction of sp³-hybridized carbons (Fsp3) is 0.250. The van der Waals surface area contributed by atoms with E-state index in [2.05, 4.69) is 0 Å². The molecule has 0 radical (unpaired) electrons. The van der Waals surface area contributed by atoms with Crippen molar-refractivity contribution in [1.29, 1.82) is 5.26 Å². The summed E-state index contributed by atoms with van der Waals surface area (Å²) in [6.07, 6.45) is 0. The fourth-order valence-corrected chi connectivity index (χ4v) is 0.964. The first-order valence-electron chi connectivity index (χ1n) is 3.37. The second-order valence-electron chi connectivity index (χ2n) is 2.54. The molecule has 12 heavy (non-hydrogen) atoms. The monoisotopic (exact) mass is 164 g/mol. The zero-order chi connectivity index (χ0) is 9.30. The second-order valence-corrected chi connectivity index (χ2v) is 2.54. The number of pyridine rings is 1. The lowest BCUT2D eigenvalue weighted by Gasteiger charge is -2.04. The number of aromatic hydroxyl groups is 1. The Bertz CT molecular complexity index is 412. The topological polar surface area (TPSA) is 66.0 Å². The van der Waals surface area contributed by atoms with Gasteiger partial charge in [-0.3, -0.25) is 9.36 Å². The SMILES string of the molecule is Cc1cc(C#N)c(=O)n(C)c1O. The van der Waals surface area contributed by atoms with Crippen LogP contribution in [0.3, 0.4) is 0 Å². The normalized spacial score (nSPS) is 9.42. The van der Waals surface area contributed by atoms with E-state index < -0.39 is 5.56 Å². The number of aromatic nitrogens is 1. The van der Waals surface area contributed by atoms with Gasteiger partial charge in [-0.1, -0.05) is 0 Å². The van der Waals surface area contributed by atoms with Crippen LogP contribution in [-0.4, -0.2) is 9.67 Å². The van der Waals surface area contributed by atoms with Crippen LogP contribution >= 0.6 is 0 Å². The van der Waals surface area contributed by atoms with Crippen LogP contribution in [0, 0.1) is 18.3 Å². The predicted molar refractivity (Wildman–Crippen MR) is 42.8 cm³/mol. The zero-order valence-corrected chi connectivity index (χ0v) is 6.83. The fourth-order valence-electron chi connectivity index (χ4n) is 0.964. The Morgan fingerprint density at radius 2 is 2.25 bits per heavy atom. The molecule has 0 saturated carbocycles. The van der Waals surface area contributed by atoms with E-state index in [0.29, 0.717) is 5.56 Å². The van der Waals surface area contributed by atoms with E-state index in [4.69, 9.17) is 5.26 Å². The molecule has 62 valence electrons. The minimum atomic E-state index is -0.472. The summed E-state index contributed by atoms with van der Waals surface area (Å²) in [6.45, 7) is 1.63. The lowest BCUT2D eigenvalue weighted by atomic mass is 10.2. The Labute approximate surface area is 69.3 Å². The molecule has 0 aromatic carbocycles. The molecule has 0 spiro atoms. The summed E-state index contributed by atoms with van der Waals surface area (Å²) in [5.74, 6) is -0.0981. The van der Waals surface area contributed by atoms with Crippen LogP contribution in [0.15, 0.2) is 10.9 Å². The van der Waals surface area contributed by atoms with Crippen LogP contribution in [0.4, 0.5) is 0 Å². The standard InChI is InChI=1S/C8H8N2O2/c1-5-3-6(4-9)8(12)10(2)7(5)11/h3,11H,1-2H3. The first kappa shape index (κ1) is 8.34. The first-order valence-corrected chi connectivity index (χ1v) is 3.37. The van der Waals surface area contributed by atoms with Crippen LogP contribution in [0.5, 0.6) is 5.88 Å². The van der Waals surface area contributed by atoms with Crippen molar-refractivity contribution in [2.75, 3.05) is 0 Å². The molecular formula is C8H8N2O2. The van der Waals surface area contributed by atoms with Gasteiger partial charge in [-0.25, -0.2) is 0 Å². The number of hydrogen-bond acceptors (Lipinski definition) is 3. The smallest absolute Gasteiger partial charge is 0.270 e. The summed E-state index contributed by atoms with van der Waals surface area (Å²) < 4.78 is 1.05. The van der Waals surface area contributed by atoms with E-state index in [0.717, 1.165) is 4.57 Å². The molecule has 1 rings (SSSR count). The molecule has 1 aromatic rings. The maximum Gasteiger partial charge on any atom is 0.270 e. The highest BCUT2D eigenvalue weighted by molar-refractivity contribution is 5.35. The van der Waals surface area contributed by atoms with Gasteiger partial charge in [0, 0.05) is 12.6 Å². The third-order valence-corrected chi connectivity index (χ3v) is 1.69. The second kappa shape index (κ2) is 2.70. The van der Waals surface area contributed by atoms with Crippen molar-refractivity contribution in [2.45, 2.75) is 6.92 Å². The Balaban J connectivity index is 3.64. The van der Waals surface area contributed by atoms with E-state index in [1.807, 2.05) is 0 Å². The van der Waals surface area contributed by atoms with Crippen molar-refractivity contribution in [2.24, 2.45) is 7.05 Å². The van der Waals surface area contributed by atoms with Crippen molar-refractivity contribution in [3.05, 3.63) is 27.5 Å². The quantitative estimate of drug-likeness (QED) is 0.598. The van der Waals surface area contributed by atoms with Gasteiger partial charge in [0.25, 0.3) is 5.56 Å². The van der Waals surface area contributed by atoms with Crippen LogP contribution in [-0.2, 0) is 7.05 Å². The Kier molecular flexibility index (Phi) is 1.88. The molecule has 0 aliphatic carbocycles. The van der Waals surface area contributed by atoms with Gasteiger partial charge in [0.15, 0.2) is 5.88 Å². The van der Waals surface area contributed by atoms with Gasteiger partial charge in [0.05, 0.1) is 0 Å². The van der Waals surface area contributed by atoms with Crippen molar-refractivity contribution in [1.82, 2.24) is 4.57 Å². The maximum atomic E-state index is 11.2. The molecule has 1 heterocycles. The molecule has 1 aromatic heterocycles. The number of hydrogen-bond donors (Lipinski definition) is 1. The Hall–Kier alpha value is -1.76. The summed E-state index contributed by atoms with van der Waals surface area (Å²) in [4.78, 5) is 11.2. The molecule has 0 aliphatic rings. The van der Waals surface area contributed by atoms with Crippen LogP contribution in [0.25, 0.3) is 0 Å². The summed E-state index contributed by atoms with van der Waals surface area (Å²) in [5, 5.41) is 17.8. The highest BCUT2D eigenvalue weighted by Crippen LogP contribution is 2.11. The van der Waals surface area contributed by atoms with E-state index in [-0.39, 0.29) is 11.4 Å². The van der Waals surface area contributed by atoms with E-state index in [9.17, 15) is 9.90 Å². The summed E-state index contributed by atoms with van der Waals surface area (Å²) in [7, 11) is 1.42. The molecule has 4 heteroatoms. The van der Waals surface area contributed by atoms with E-state index in [1.54, 1.807) is 13.0 Å². The number of rotatable bonds is 0. The van der Waals surface area contributed by atoms with Crippen LogP contribution in [0.1, 0.15) is 11.1 Å². The molecule has 0 saturated heterocycles. The molecule has 0 unspecified atom stereocenters. The highest BCUT2D eigenvalue weighted by atomic mass is 16.3. The largest absolute Gasteiger partial charge is 0.494 e. The van der Waals surface area contributed by atoms with Gasteiger partial charge >= 0.3 is 0 Å². The van der Waals surface area contributed by atoms with Crippen LogP contribution < -0.4 is 5.56 Å². The molecule has 0 fully saturated rings. The molecule has 0 bridgehead atoms. The highest BCUT2D eigenvalue weighted by Gasteiger charge is 2.06. The van der Waals surface area contributed by atoms with E-state index >= 15 is 0 Å². The maximum absolute atomic E-state index is 11.2. The number of nitrogens with zero attached hydrogens (tertiary/aromatic N) is 2. The third-order valence-electron chi connectivity index (χ3n) is 1.69. The average Bonchev–Trinajstić information content (AvgIpc) is 2.08. The minimum Gasteiger partial charge on any atom is -0.494 e. The predicted octanol–water partition coefficient (Wildman–Crippen LogP) is 0.271. The Morgan fingerprint density at radius 1 is 1.67 bits per heavy atom. The zero-order valence-electron chi connectivity index (χ0n) is 6.83. The van der Waals surface area contributed by atoms with Crippen molar-refractivity contribution >= 4 is 0 Å². The average molecular weight is 164 g/mol. The minimum absolute atomic E-state index is 0.0489. The molecule has 0 amide bonds. The van der Waals surface area contributed by atoms with Crippen molar-refractivity contribution < 1.29 is 5.11 Å². The summed E-state index contributed by atoms with van der Waals surface area (Å²) >= 11 is 0. The molecule has 4 nitrogen and oxygen atoms in total. The number of aryl methyl sites for hydroxylation is 1. The van der Waals surface area contributed by atoms with Crippen molar-refractivity contribution in [3.63, 3.8) is 0 Å². The van der Waals surface area contributed by atoms with E-state index in [1.165, 1.54) is 13.1 Å².